The van der Waals surface area contributed by atoms with Crippen LogP contribution in [0.4, 0.5) is 0 Å². The fraction of sp³-hybridized carbons (Fsp3) is 0.526. The Kier molecular flexibility index (Phi) is 16.9. The lowest BCUT2D eigenvalue weighted by Gasteiger charge is -2.13. The topological polar surface area (TPSA) is 96.5 Å². The molecule has 0 spiro atoms. The van der Waals surface area contributed by atoms with E-state index in [1.54, 1.807) is 6.92 Å². The number of benzene rings is 1. The average molecular weight is 523 g/mol. The van der Waals surface area contributed by atoms with Crippen molar-refractivity contribution in [3.05, 3.63) is 35.9 Å². The van der Waals surface area contributed by atoms with Crippen molar-refractivity contribution in [1.82, 2.24) is 15.4 Å². The molecule has 1 unspecified atom stereocenters. The van der Waals surface area contributed by atoms with Gasteiger partial charge in [0.15, 0.2) is 0 Å². The van der Waals surface area contributed by atoms with Crippen molar-refractivity contribution in [2.24, 2.45) is 0 Å². The van der Waals surface area contributed by atoms with Crippen LogP contribution < -0.4 is 15.4 Å². The number of rotatable bonds is 11. The Morgan fingerprint density at radius 3 is 2.39 bits per heavy atom. The Labute approximate surface area is 183 Å². The molecule has 0 saturated carbocycles. The molecule has 0 bridgehead atoms. The third-order valence-corrected chi connectivity index (χ3v) is 4.60. The van der Waals surface area contributed by atoms with Crippen LogP contribution in [-0.4, -0.2) is 36.9 Å². The fourth-order valence-electron chi connectivity index (χ4n) is 1.83. The molecule has 0 fully saturated rings. The Hall–Kier alpha value is -1.33. The summed E-state index contributed by atoms with van der Waals surface area (Å²) in [5.41, 5.74) is 0.914. The van der Waals surface area contributed by atoms with Crippen molar-refractivity contribution in [1.29, 1.82) is 0 Å². The summed E-state index contributed by atoms with van der Waals surface area (Å²) >= 11 is 2.02. The first-order valence-electron chi connectivity index (χ1n) is 9.21. The summed E-state index contributed by atoms with van der Waals surface area (Å²) in [4.78, 5) is 33.6. The van der Waals surface area contributed by atoms with Crippen molar-refractivity contribution >= 4 is 48.1 Å². The lowest BCUT2D eigenvalue weighted by Crippen LogP contribution is -2.42. The van der Waals surface area contributed by atoms with Crippen molar-refractivity contribution < 1.29 is 19.1 Å². The second-order valence-electron chi connectivity index (χ2n) is 5.84. The summed E-state index contributed by atoms with van der Waals surface area (Å²) < 4.78 is 7.90. The zero-order chi connectivity index (χ0) is 21.2. The van der Waals surface area contributed by atoms with Crippen molar-refractivity contribution in [2.75, 3.05) is 13.1 Å². The maximum atomic E-state index is 11.7. The molecule has 0 saturated heterocycles. The van der Waals surface area contributed by atoms with Crippen molar-refractivity contribution in [3.63, 3.8) is 0 Å². The molecule has 0 radical (unpaired) electrons. The minimum atomic E-state index is -0.655. The van der Waals surface area contributed by atoms with E-state index in [9.17, 15) is 14.4 Å². The van der Waals surface area contributed by atoms with Gasteiger partial charge in [0.1, 0.15) is 12.6 Å². The molecular weight excluding hydrogens is 493 g/mol. The number of amides is 2. The van der Waals surface area contributed by atoms with Crippen LogP contribution in [0.1, 0.15) is 45.6 Å². The first-order chi connectivity index (χ1) is 13.4. The van der Waals surface area contributed by atoms with E-state index in [0.717, 1.165) is 24.9 Å². The highest BCUT2D eigenvalue weighted by molar-refractivity contribution is 14.2. The standard InChI is InChI=1S/C12H15IN2O3S.C7H15NO/c1-9(15-11(16)7-14-19-13)12(17)18-8-10-5-3-2-4-6-10;1-3-5-6-8-7(9)4-2/h2-6,9,14H,7-8H2,1H3,(H,15,16);3-6H2,1-2H3,(H,8,9). The maximum Gasteiger partial charge on any atom is 0.328 e. The Morgan fingerprint density at radius 2 is 1.82 bits per heavy atom. The molecule has 1 atom stereocenters. The summed E-state index contributed by atoms with van der Waals surface area (Å²) in [6, 6.07) is 8.74. The van der Waals surface area contributed by atoms with E-state index in [2.05, 4.69) is 22.3 Å². The molecule has 0 heterocycles. The van der Waals surface area contributed by atoms with E-state index >= 15 is 0 Å². The minimum absolute atomic E-state index is 0.156. The smallest absolute Gasteiger partial charge is 0.328 e. The summed E-state index contributed by atoms with van der Waals surface area (Å²) in [5, 5.41) is 5.35. The van der Waals surface area contributed by atoms with Gasteiger partial charge in [0.2, 0.25) is 11.8 Å². The lowest BCUT2D eigenvalue weighted by atomic mass is 10.2. The van der Waals surface area contributed by atoms with Gasteiger partial charge in [-0.1, -0.05) is 50.6 Å². The zero-order valence-electron chi connectivity index (χ0n) is 16.6. The summed E-state index contributed by atoms with van der Waals surface area (Å²) in [5.74, 6) is -0.531. The van der Waals surface area contributed by atoms with Crippen LogP contribution in [0, 0.1) is 0 Å². The Bertz CT molecular complexity index is 576. The predicted molar refractivity (Wildman–Crippen MR) is 122 cm³/mol. The Morgan fingerprint density at radius 1 is 1.14 bits per heavy atom. The van der Waals surface area contributed by atoms with Crippen LogP contribution in [0.25, 0.3) is 0 Å². The zero-order valence-corrected chi connectivity index (χ0v) is 19.6. The van der Waals surface area contributed by atoms with Crippen LogP contribution >= 0.6 is 30.3 Å². The molecule has 28 heavy (non-hydrogen) atoms. The second kappa shape index (κ2) is 17.7. The van der Waals surface area contributed by atoms with Gasteiger partial charge in [-0.3, -0.25) is 9.59 Å². The number of ether oxygens (including phenoxy) is 1. The summed E-state index contributed by atoms with van der Waals surface area (Å²) in [7, 11) is 1.32. The molecule has 1 aromatic rings. The third-order valence-electron chi connectivity index (χ3n) is 3.42. The van der Waals surface area contributed by atoms with Crippen LogP contribution in [0.3, 0.4) is 0 Å². The first kappa shape index (κ1) is 26.7. The summed E-state index contributed by atoms with van der Waals surface area (Å²) in [6.07, 6.45) is 2.83. The van der Waals surface area contributed by atoms with Gasteiger partial charge >= 0.3 is 5.97 Å². The molecule has 158 valence electrons. The predicted octanol–water partition coefficient (Wildman–Crippen LogP) is 3.14. The average Bonchev–Trinajstić information content (AvgIpc) is 2.71. The molecule has 2 amide bonds. The van der Waals surface area contributed by atoms with Gasteiger partial charge in [0.05, 0.1) is 6.54 Å². The molecule has 1 rings (SSSR count). The molecule has 0 aliphatic heterocycles. The SMILES string of the molecule is CC(NC(=O)CNSI)C(=O)OCc1ccccc1.CCCCNC(=O)CC. The van der Waals surface area contributed by atoms with E-state index in [-0.39, 0.29) is 25.0 Å². The number of nitrogens with one attached hydrogen (secondary N) is 3. The quantitative estimate of drug-likeness (QED) is 0.179. The minimum Gasteiger partial charge on any atom is -0.459 e. The number of esters is 1. The number of hydrogen-bond acceptors (Lipinski definition) is 6. The number of hydrogen-bond donors (Lipinski definition) is 3. The van der Waals surface area contributed by atoms with Crippen molar-refractivity contribution in [3.8, 4) is 0 Å². The van der Waals surface area contributed by atoms with Crippen LogP contribution in [0.15, 0.2) is 30.3 Å². The van der Waals surface area contributed by atoms with E-state index in [1.807, 2.05) is 58.5 Å². The number of halogens is 1. The maximum absolute atomic E-state index is 11.7. The number of carbonyl (C=O) groups is 3. The van der Waals surface area contributed by atoms with Gasteiger partial charge in [-0.05, 0) is 28.0 Å². The van der Waals surface area contributed by atoms with Crippen molar-refractivity contribution in [2.45, 2.75) is 52.7 Å². The van der Waals surface area contributed by atoms with E-state index in [0.29, 0.717) is 6.42 Å². The highest BCUT2D eigenvalue weighted by atomic mass is 127. The van der Waals surface area contributed by atoms with E-state index < -0.39 is 12.0 Å². The normalized spacial score (nSPS) is 10.9. The lowest BCUT2D eigenvalue weighted by molar-refractivity contribution is -0.148. The molecule has 7 nitrogen and oxygen atoms in total. The molecule has 0 aliphatic carbocycles. The first-order valence-corrected chi connectivity index (χ1v) is 12.6. The van der Waals surface area contributed by atoms with Gasteiger partial charge in [-0.2, -0.15) is 0 Å². The van der Waals surface area contributed by atoms with Gasteiger partial charge in [-0.15, -0.1) is 0 Å². The third kappa shape index (κ3) is 14.7. The largest absolute Gasteiger partial charge is 0.459 e. The van der Waals surface area contributed by atoms with E-state index in [4.69, 9.17) is 4.74 Å². The monoisotopic (exact) mass is 523 g/mol. The van der Waals surface area contributed by atoms with Crippen LogP contribution in [-0.2, 0) is 25.7 Å². The van der Waals surface area contributed by atoms with Gasteiger partial charge < -0.3 is 15.4 Å². The highest BCUT2D eigenvalue weighted by Gasteiger charge is 2.16. The molecule has 3 N–H and O–H groups in total. The fourth-order valence-corrected chi connectivity index (χ4v) is 2.48. The number of carbonyl (C=O) groups excluding carboxylic acids is 3. The second-order valence-corrected chi connectivity index (χ2v) is 7.60. The van der Waals surface area contributed by atoms with Crippen LogP contribution in [0.2, 0.25) is 0 Å². The van der Waals surface area contributed by atoms with Crippen LogP contribution in [0.5, 0.6) is 0 Å². The molecule has 9 heteroatoms. The summed E-state index contributed by atoms with van der Waals surface area (Å²) in [6.45, 7) is 6.77. The molecule has 1 aromatic carbocycles. The number of unbranched alkanes of at least 4 members (excludes halogenated alkanes) is 1. The Balaban J connectivity index is 0.000000684. The molecule has 0 aromatic heterocycles. The van der Waals surface area contributed by atoms with Gasteiger partial charge in [-0.25, -0.2) is 9.52 Å². The van der Waals surface area contributed by atoms with Gasteiger partial charge in [0, 0.05) is 34.2 Å². The van der Waals surface area contributed by atoms with E-state index in [1.165, 1.54) is 9.12 Å². The molecular formula is C19H30IN3O4S. The highest BCUT2D eigenvalue weighted by Crippen LogP contribution is 2.03. The molecule has 0 aliphatic rings. The van der Waals surface area contributed by atoms with Gasteiger partial charge in [0.25, 0.3) is 0 Å².